The van der Waals surface area contributed by atoms with Gasteiger partial charge in [-0.3, -0.25) is 9.59 Å². The quantitative estimate of drug-likeness (QED) is 0.692. The van der Waals surface area contributed by atoms with Crippen LogP contribution in [0.4, 0.5) is 5.69 Å². The summed E-state index contributed by atoms with van der Waals surface area (Å²) in [7, 11) is 1.62. The molecule has 0 heterocycles. The van der Waals surface area contributed by atoms with Gasteiger partial charge in [0.15, 0.2) is 0 Å². The molecular weight excluding hydrogens is 360 g/mol. The summed E-state index contributed by atoms with van der Waals surface area (Å²) in [5.41, 5.74) is 1.25. The van der Waals surface area contributed by atoms with Crippen LogP contribution in [0, 0.1) is 5.92 Å². The van der Waals surface area contributed by atoms with Crippen molar-refractivity contribution in [1.29, 1.82) is 0 Å². The van der Waals surface area contributed by atoms with Gasteiger partial charge in [0.25, 0.3) is 5.91 Å². The fourth-order valence-corrected chi connectivity index (χ4v) is 2.98. The molecule has 0 fully saturated rings. The van der Waals surface area contributed by atoms with E-state index in [1.165, 1.54) is 4.90 Å². The number of hydrogen-bond donors (Lipinski definition) is 1. The van der Waals surface area contributed by atoms with E-state index in [9.17, 15) is 9.59 Å². The van der Waals surface area contributed by atoms with Crippen molar-refractivity contribution in [3.05, 3.63) is 54.1 Å². The highest BCUT2D eigenvalue weighted by Crippen LogP contribution is 2.24. The molecular formula is C21H26N2O3S. The van der Waals surface area contributed by atoms with Gasteiger partial charge in [0.2, 0.25) is 5.91 Å². The molecule has 0 aromatic heterocycles. The van der Waals surface area contributed by atoms with Gasteiger partial charge in [0.05, 0.1) is 18.8 Å². The predicted octanol–water partition coefficient (Wildman–Crippen LogP) is 4.15. The van der Waals surface area contributed by atoms with Gasteiger partial charge in [-0.25, -0.2) is 0 Å². The Labute approximate surface area is 165 Å². The molecule has 27 heavy (non-hydrogen) atoms. The van der Waals surface area contributed by atoms with Crippen LogP contribution < -0.4 is 10.1 Å². The molecule has 0 aliphatic heterocycles. The van der Waals surface area contributed by atoms with Gasteiger partial charge in [-0.1, -0.05) is 32.0 Å². The second-order valence-corrected chi connectivity index (χ2v) is 7.49. The Morgan fingerprint density at radius 2 is 1.89 bits per heavy atom. The number of nitrogens with zero attached hydrogens (tertiary/aromatic N) is 1. The summed E-state index contributed by atoms with van der Waals surface area (Å²) in [6, 6.07) is 14.6. The van der Waals surface area contributed by atoms with Crippen LogP contribution in [-0.2, 0) is 4.79 Å². The normalized spacial score (nSPS) is 10.6. The molecule has 6 heteroatoms. The van der Waals surface area contributed by atoms with Crippen LogP contribution in [0.25, 0.3) is 0 Å². The third-order valence-corrected chi connectivity index (χ3v) is 4.57. The predicted molar refractivity (Wildman–Crippen MR) is 111 cm³/mol. The second kappa shape index (κ2) is 10.0. The van der Waals surface area contributed by atoms with E-state index >= 15 is 0 Å². The topological polar surface area (TPSA) is 58.6 Å². The van der Waals surface area contributed by atoms with Crippen LogP contribution in [0.3, 0.4) is 0 Å². The number of carbonyl (C=O) groups is 2. The molecule has 0 saturated heterocycles. The summed E-state index contributed by atoms with van der Waals surface area (Å²) in [6.45, 7) is 4.69. The number of ether oxygens (including phenoxy) is 1. The molecule has 2 aromatic rings. The van der Waals surface area contributed by atoms with Crippen molar-refractivity contribution in [2.75, 3.05) is 31.8 Å². The Balaban J connectivity index is 1.98. The molecule has 144 valence electrons. The van der Waals surface area contributed by atoms with Crippen LogP contribution in [0.15, 0.2) is 53.4 Å². The Bertz CT molecular complexity index is 793. The first-order chi connectivity index (χ1) is 12.9. The minimum atomic E-state index is -0.237. The van der Waals surface area contributed by atoms with Gasteiger partial charge >= 0.3 is 0 Å². The maximum atomic E-state index is 12.6. The van der Waals surface area contributed by atoms with Crippen molar-refractivity contribution in [2.45, 2.75) is 18.7 Å². The Morgan fingerprint density at radius 3 is 2.59 bits per heavy atom. The molecule has 2 amide bonds. The van der Waals surface area contributed by atoms with E-state index in [4.69, 9.17) is 4.74 Å². The van der Waals surface area contributed by atoms with E-state index in [2.05, 4.69) is 19.2 Å². The SMILES string of the molecule is CSc1ccccc1NC(=O)CN(C)C(=O)c1cccc(OCC(C)C)c1. The van der Waals surface area contributed by atoms with Crippen LogP contribution in [0.5, 0.6) is 5.75 Å². The molecule has 5 nitrogen and oxygen atoms in total. The van der Waals surface area contributed by atoms with Gasteiger partial charge in [-0.2, -0.15) is 0 Å². The first kappa shape index (κ1) is 20.8. The highest BCUT2D eigenvalue weighted by Gasteiger charge is 2.16. The summed E-state index contributed by atoms with van der Waals surface area (Å²) in [5, 5.41) is 2.86. The number of rotatable bonds is 8. The fourth-order valence-electron chi connectivity index (χ4n) is 2.43. The third-order valence-electron chi connectivity index (χ3n) is 3.77. The van der Waals surface area contributed by atoms with E-state index in [-0.39, 0.29) is 18.4 Å². The maximum Gasteiger partial charge on any atom is 0.254 e. The summed E-state index contributed by atoms with van der Waals surface area (Å²) in [4.78, 5) is 27.3. The summed E-state index contributed by atoms with van der Waals surface area (Å²) < 4.78 is 5.67. The molecule has 0 atom stereocenters. The maximum absolute atomic E-state index is 12.6. The number of thioether (sulfide) groups is 1. The number of likely N-dealkylation sites (N-methyl/N-ethyl adjacent to an activating group) is 1. The zero-order valence-corrected chi connectivity index (χ0v) is 17.0. The van der Waals surface area contributed by atoms with E-state index in [0.717, 1.165) is 10.6 Å². The number of carbonyl (C=O) groups excluding carboxylic acids is 2. The van der Waals surface area contributed by atoms with E-state index in [1.807, 2.05) is 36.6 Å². The van der Waals surface area contributed by atoms with Gasteiger partial charge in [-0.05, 0) is 42.5 Å². The van der Waals surface area contributed by atoms with Crippen molar-refractivity contribution in [3.63, 3.8) is 0 Å². The Kier molecular flexibility index (Phi) is 7.73. The van der Waals surface area contributed by atoms with Crippen molar-refractivity contribution >= 4 is 29.3 Å². The first-order valence-electron chi connectivity index (χ1n) is 8.82. The minimum absolute atomic E-state index is 0.0291. The number of benzene rings is 2. The lowest BCUT2D eigenvalue weighted by atomic mass is 10.2. The average Bonchev–Trinajstić information content (AvgIpc) is 2.66. The Morgan fingerprint density at radius 1 is 1.15 bits per heavy atom. The minimum Gasteiger partial charge on any atom is -0.493 e. The molecule has 2 aromatic carbocycles. The summed E-state index contributed by atoms with van der Waals surface area (Å²) in [5.74, 6) is 0.596. The monoisotopic (exact) mass is 386 g/mol. The van der Waals surface area contributed by atoms with E-state index < -0.39 is 0 Å². The number of hydrogen-bond acceptors (Lipinski definition) is 4. The van der Waals surface area contributed by atoms with Crippen LogP contribution in [0.1, 0.15) is 24.2 Å². The zero-order valence-electron chi connectivity index (χ0n) is 16.2. The number of amides is 2. The lowest BCUT2D eigenvalue weighted by Gasteiger charge is -2.18. The summed E-state index contributed by atoms with van der Waals surface area (Å²) >= 11 is 1.56. The molecule has 0 spiro atoms. The molecule has 2 rings (SSSR count). The smallest absolute Gasteiger partial charge is 0.254 e. The van der Waals surface area contributed by atoms with E-state index in [1.54, 1.807) is 37.0 Å². The fraction of sp³-hybridized carbons (Fsp3) is 0.333. The number of anilines is 1. The van der Waals surface area contributed by atoms with Crippen LogP contribution in [0.2, 0.25) is 0 Å². The van der Waals surface area contributed by atoms with Crippen molar-refractivity contribution in [1.82, 2.24) is 4.90 Å². The van der Waals surface area contributed by atoms with Crippen molar-refractivity contribution in [3.8, 4) is 5.75 Å². The third kappa shape index (κ3) is 6.32. The average molecular weight is 387 g/mol. The highest BCUT2D eigenvalue weighted by molar-refractivity contribution is 7.98. The molecule has 0 aliphatic rings. The molecule has 0 aliphatic carbocycles. The standard InChI is InChI=1S/C21H26N2O3S/c1-15(2)14-26-17-9-7-8-16(12-17)21(25)23(3)13-20(24)22-18-10-5-6-11-19(18)27-4/h5-12,15H,13-14H2,1-4H3,(H,22,24). The van der Waals surface area contributed by atoms with Gasteiger partial charge < -0.3 is 15.0 Å². The molecule has 0 bridgehead atoms. The lowest BCUT2D eigenvalue weighted by Crippen LogP contribution is -2.35. The van der Waals surface area contributed by atoms with Gasteiger partial charge in [-0.15, -0.1) is 11.8 Å². The molecule has 1 N–H and O–H groups in total. The van der Waals surface area contributed by atoms with Gasteiger partial charge in [0, 0.05) is 17.5 Å². The van der Waals surface area contributed by atoms with Crippen LogP contribution >= 0.6 is 11.8 Å². The second-order valence-electron chi connectivity index (χ2n) is 6.64. The van der Waals surface area contributed by atoms with Crippen LogP contribution in [-0.4, -0.2) is 43.2 Å². The lowest BCUT2D eigenvalue weighted by molar-refractivity contribution is -0.116. The van der Waals surface area contributed by atoms with Crippen molar-refractivity contribution in [2.24, 2.45) is 5.92 Å². The first-order valence-corrected chi connectivity index (χ1v) is 10.0. The van der Waals surface area contributed by atoms with Crippen molar-refractivity contribution < 1.29 is 14.3 Å². The van der Waals surface area contributed by atoms with Gasteiger partial charge in [0.1, 0.15) is 5.75 Å². The molecule has 0 unspecified atom stereocenters. The Hall–Kier alpha value is -2.47. The molecule has 0 radical (unpaired) electrons. The zero-order chi connectivity index (χ0) is 19.8. The summed E-state index contributed by atoms with van der Waals surface area (Å²) in [6.07, 6.45) is 1.95. The number of para-hydroxylation sites is 1. The van der Waals surface area contributed by atoms with E-state index in [0.29, 0.717) is 23.8 Å². The number of nitrogens with one attached hydrogen (secondary N) is 1. The molecule has 0 saturated carbocycles. The largest absolute Gasteiger partial charge is 0.493 e. The highest BCUT2D eigenvalue weighted by atomic mass is 32.2.